The Morgan fingerprint density at radius 2 is 0.784 bits per heavy atom. The van der Waals surface area contributed by atoms with Gasteiger partial charge in [-0.15, -0.1) is 118 Å². The molecule has 3 nitrogen and oxygen atoms in total. The minimum atomic E-state index is -0.125. The molecule has 0 aliphatic rings. The predicted octanol–water partition coefficient (Wildman–Crippen LogP) is 10.5. The number of phenols is 1. The van der Waals surface area contributed by atoms with Gasteiger partial charge < -0.3 is 15.3 Å². The van der Waals surface area contributed by atoms with Crippen LogP contribution in [0.1, 0.15) is 51.0 Å². The van der Waals surface area contributed by atoms with Gasteiger partial charge in [-0.3, -0.25) is 0 Å². The minimum Gasteiger partial charge on any atom is -0.508 e. The lowest BCUT2D eigenvalue weighted by Crippen LogP contribution is -1.86. The van der Waals surface area contributed by atoms with Gasteiger partial charge in [0.25, 0.3) is 0 Å². The summed E-state index contributed by atoms with van der Waals surface area (Å²) in [5.74, 6) is 0.450. The number of hydrogen-bond acceptors (Lipinski definition) is 3. The summed E-state index contributed by atoms with van der Waals surface area (Å²) in [6, 6.07) is 7.65. The van der Waals surface area contributed by atoms with E-state index in [0.717, 1.165) is 12.0 Å². The Labute approximate surface area is 234 Å². The standard InChI is InChI=1S/C14H22O.C2H6O2.9C2H4/c1-2-3-4-5-6-7-10-13-11-8-9-12-14(13)15;3-1-2-4;9*1-2/h8-9,11-12,15H,2-7,10H2,1H3;3-4H,1-2H2;9*1-2H2. The Morgan fingerprint density at radius 1 is 0.486 bits per heavy atom. The van der Waals surface area contributed by atoms with E-state index in [9.17, 15) is 5.11 Å². The highest BCUT2D eigenvalue weighted by Gasteiger charge is 1.98. The maximum absolute atomic E-state index is 9.55. The van der Waals surface area contributed by atoms with E-state index in [1.807, 2.05) is 18.2 Å². The summed E-state index contributed by atoms with van der Waals surface area (Å²) < 4.78 is 0. The number of para-hydroxylation sites is 1. The van der Waals surface area contributed by atoms with Gasteiger partial charge in [-0.25, -0.2) is 0 Å². The zero-order valence-corrected chi connectivity index (χ0v) is 24.7. The molecule has 0 radical (unpaired) electrons. The zero-order chi connectivity index (χ0) is 32.3. The van der Waals surface area contributed by atoms with Crippen molar-refractivity contribution in [1.29, 1.82) is 0 Å². The van der Waals surface area contributed by atoms with Crippen molar-refractivity contribution in [2.45, 2.75) is 51.9 Å². The molecule has 1 rings (SSSR count). The normalized spacial score (nSPS) is 6.03. The van der Waals surface area contributed by atoms with Crippen LogP contribution in [0.15, 0.2) is 143 Å². The second-order valence-electron chi connectivity index (χ2n) is 4.59. The van der Waals surface area contributed by atoms with E-state index in [-0.39, 0.29) is 13.2 Å². The van der Waals surface area contributed by atoms with Crippen molar-refractivity contribution >= 4 is 0 Å². The summed E-state index contributed by atoms with van der Waals surface area (Å²) in [6.45, 7) is 56.0. The molecule has 3 heteroatoms. The summed E-state index contributed by atoms with van der Waals surface area (Å²) in [6.07, 6.45) is 8.85. The monoisotopic (exact) mass is 520 g/mol. The Balaban J connectivity index is -0.0000000348. The first-order valence-corrected chi connectivity index (χ1v) is 11.7. The van der Waals surface area contributed by atoms with Crippen molar-refractivity contribution in [3.8, 4) is 5.75 Å². The number of unbranched alkanes of at least 4 members (excludes halogenated alkanes) is 5. The van der Waals surface area contributed by atoms with E-state index < -0.39 is 0 Å². The van der Waals surface area contributed by atoms with E-state index in [1.54, 1.807) is 6.07 Å². The van der Waals surface area contributed by atoms with Gasteiger partial charge in [0, 0.05) is 0 Å². The van der Waals surface area contributed by atoms with Crippen molar-refractivity contribution in [2.24, 2.45) is 0 Å². The van der Waals surface area contributed by atoms with Gasteiger partial charge in [0.15, 0.2) is 0 Å². The molecule has 218 valence electrons. The first-order chi connectivity index (χ1) is 18.3. The van der Waals surface area contributed by atoms with Crippen molar-refractivity contribution in [1.82, 2.24) is 0 Å². The van der Waals surface area contributed by atoms with Crippen molar-refractivity contribution in [3.63, 3.8) is 0 Å². The molecule has 0 bridgehead atoms. The van der Waals surface area contributed by atoms with Crippen molar-refractivity contribution in [2.75, 3.05) is 13.2 Å². The molecule has 0 aromatic heterocycles. The molecule has 0 unspecified atom stereocenters. The number of aliphatic hydroxyl groups is 2. The van der Waals surface area contributed by atoms with Crippen LogP contribution in [-0.2, 0) is 6.42 Å². The summed E-state index contributed by atoms with van der Waals surface area (Å²) in [5.41, 5.74) is 1.09. The summed E-state index contributed by atoms with van der Waals surface area (Å²) in [5, 5.41) is 24.8. The third kappa shape index (κ3) is 111. The van der Waals surface area contributed by atoms with Gasteiger partial charge in [-0.1, -0.05) is 57.2 Å². The van der Waals surface area contributed by atoms with E-state index in [2.05, 4.69) is 125 Å². The number of rotatable bonds is 8. The quantitative estimate of drug-likeness (QED) is 0.236. The fourth-order valence-corrected chi connectivity index (χ4v) is 1.82. The number of phenolic OH excluding ortho intramolecular Hbond substituents is 1. The Bertz CT molecular complexity index is 391. The smallest absolute Gasteiger partial charge is 0.118 e. The third-order valence-corrected chi connectivity index (χ3v) is 2.89. The third-order valence-electron chi connectivity index (χ3n) is 2.89. The van der Waals surface area contributed by atoms with Gasteiger partial charge in [-0.05, 0) is 24.5 Å². The summed E-state index contributed by atoms with van der Waals surface area (Å²) >= 11 is 0. The lowest BCUT2D eigenvalue weighted by atomic mass is 10.0. The van der Waals surface area contributed by atoms with E-state index in [0.29, 0.717) is 5.75 Å². The maximum Gasteiger partial charge on any atom is 0.118 e. The summed E-state index contributed by atoms with van der Waals surface area (Å²) in [7, 11) is 0. The van der Waals surface area contributed by atoms with Crippen LogP contribution in [0.25, 0.3) is 0 Å². The molecule has 0 saturated heterocycles. The van der Waals surface area contributed by atoms with Crippen molar-refractivity contribution < 1.29 is 15.3 Å². The van der Waals surface area contributed by atoms with Gasteiger partial charge in [0.2, 0.25) is 0 Å². The molecule has 0 aliphatic carbocycles. The molecule has 37 heavy (non-hydrogen) atoms. The fourth-order valence-electron chi connectivity index (χ4n) is 1.82. The van der Waals surface area contributed by atoms with Crippen LogP contribution in [0.5, 0.6) is 5.75 Å². The SMILES string of the molecule is C=C.C=C.C=C.C=C.C=C.C=C.C=C.C=C.C=C.CCCCCCCCc1ccccc1O.OCCO. The predicted molar refractivity (Wildman–Crippen MR) is 181 cm³/mol. The van der Waals surface area contributed by atoms with Gasteiger partial charge >= 0.3 is 0 Å². The molecule has 0 aliphatic heterocycles. The van der Waals surface area contributed by atoms with Crippen LogP contribution < -0.4 is 0 Å². The van der Waals surface area contributed by atoms with Gasteiger partial charge in [0.1, 0.15) is 5.75 Å². The molecule has 0 amide bonds. The van der Waals surface area contributed by atoms with Crippen LogP contribution in [0.4, 0.5) is 0 Å². The Morgan fingerprint density at radius 3 is 1.08 bits per heavy atom. The van der Waals surface area contributed by atoms with Crippen LogP contribution in [0, 0.1) is 0 Å². The average molecular weight is 521 g/mol. The molecule has 0 saturated carbocycles. The minimum absolute atomic E-state index is 0.125. The van der Waals surface area contributed by atoms with E-state index in [4.69, 9.17) is 10.2 Å². The second-order valence-corrected chi connectivity index (χ2v) is 4.59. The molecule has 0 fully saturated rings. The molecule has 1 aromatic rings. The van der Waals surface area contributed by atoms with Gasteiger partial charge in [0.05, 0.1) is 13.2 Å². The number of aryl methyl sites for hydroxylation is 1. The average Bonchev–Trinajstić information content (AvgIpc) is 3.05. The molecule has 0 heterocycles. The zero-order valence-electron chi connectivity index (χ0n) is 24.7. The molecule has 0 atom stereocenters. The first kappa shape index (κ1) is 64.1. The van der Waals surface area contributed by atoms with Crippen molar-refractivity contribution in [3.05, 3.63) is 148 Å². The van der Waals surface area contributed by atoms with Crippen LogP contribution in [0.2, 0.25) is 0 Å². The van der Waals surface area contributed by atoms with Crippen LogP contribution in [-0.4, -0.2) is 28.5 Å². The topological polar surface area (TPSA) is 60.7 Å². The number of hydrogen-bond donors (Lipinski definition) is 3. The van der Waals surface area contributed by atoms with Crippen LogP contribution >= 0.6 is 0 Å². The largest absolute Gasteiger partial charge is 0.508 e. The van der Waals surface area contributed by atoms with E-state index >= 15 is 0 Å². The molecular formula is C34H64O3. The van der Waals surface area contributed by atoms with Gasteiger partial charge in [-0.2, -0.15) is 0 Å². The fraction of sp³-hybridized carbons (Fsp3) is 0.294. The molecule has 3 N–H and O–H groups in total. The highest BCUT2D eigenvalue weighted by atomic mass is 16.3. The highest BCUT2D eigenvalue weighted by molar-refractivity contribution is 5.31. The van der Waals surface area contributed by atoms with E-state index in [1.165, 1.54) is 38.5 Å². The Hall–Kier alpha value is -3.40. The maximum atomic E-state index is 9.55. The lowest BCUT2D eigenvalue weighted by Gasteiger charge is -2.03. The second kappa shape index (κ2) is 134. The van der Waals surface area contributed by atoms with Crippen LogP contribution in [0.3, 0.4) is 0 Å². The molecule has 0 spiro atoms. The number of aromatic hydroxyl groups is 1. The lowest BCUT2D eigenvalue weighted by molar-refractivity contribution is 0.186. The Kier molecular flexibility index (Phi) is 232. The molecular weight excluding hydrogens is 456 g/mol. The highest BCUT2D eigenvalue weighted by Crippen LogP contribution is 2.18. The molecule has 1 aromatic carbocycles. The number of benzene rings is 1. The summed E-state index contributed by atoms with van der Waals surface area (Å²) in [4.78, 5) is 0. The first-order valence-electron chi connectivity index (χ1n) is 11.7. The number of aliphatic hydroxyl groups excluding tert-OH is 2.